The van der Waals surface area contributed by atoms with Gasteiger partial charge in [0, 0.05) is 6.04 Å². The zero-order valence-electron chi connectivity index (χ0n) is 14.3. The molecule has 2 nitrogen and oxygen atoms in total. The Kier molecular flexibility index (Phi) is 11.4. The maximum atomic E-state index is 2.75. The van der Waals surface area contributed by atoms with Crippen LogP contribution in [0.1, 0.15) is 51.0 Å². The first-order valence-corrected chi connectivity index (χ1v) is 7.98. The Hall–Kier alpha value is -0.860. The van der Waals surface area contributed by atoms with Crippen LogP contribution in [-0.4, -0.2) is 39.1 Å². The molecular weight excluding hydrogens is 244 g/mol. The van der Waals surface area contributed by atoms with Crippen molar-refractivity contribution in [1.29, 1.82) is 0 Å². The Balaban J connectivity index is 0.000000641. The summed E-state index contributed by atoms with van der Waals surface area (Å²) in [5.74, 6) is 0.785. The van der Waals surface area contributed by atoms with Crippen LogP contribution in [0.5, 0.6) is 0 Å². The van der Waals surface area contributed by atoms with E-state index >= 15 is 0 Å². The maximum absolute atomic E-state index is 2.75. The normalized spacial score (nSPS) is 21.4. The van der Waals surface area contributed by atoms with Gasteiger partial charge in [-0.25, -0.2) is 0 Å². The third kappa shape index (κ3) is 7.06. The van der Waals surface area contributed by atoms with E-state index in [2.05, 4.69) is 54.6 Å². The first-order valence-electron chi connectivity index (χ1n) is 7.98. The summed E-state index contributed by atoms with van der Waals surface area (Å²) in [5.41, 5.74) is 1.53. The smallest absolute Gasteiger partial charge is 0.00949 e. The molecule has 1 aromatic carbocycles. The third-order valence-corrected chi connectivity index (χ3v) is 3.65. The molecule has 0 saturated heterocycles. The van der Waals surface area contributed by atoms with Gasteiger partial charge in [0.25, 0.3) is 0 Å². The van der Waals surface area contributed by atoms with Crippen molar-refractivity contribution in [1.82, 2.24) is 10.2 Å². The second-order valence-electron chi connectivity index (χ2n) is 5.39. The number of rotatable bonds is 2. The highest BCUT2D eigenvalue weighted by Gasteiger charge is 2.23. The van der Waals surface area contributed by atoms with Crippen molar-refractivity contribution in [2.45, 2.75) is 51.5 Å². The fraction of sp³-hybridized carbons (Fsp3) is 0.667. The lowest BCUT2D eigenvalue weighted by atomic mass is 9.81. The Labute approximate surface area is 126 Å². The van der Waals surface area contributed by atoms with E-state index in [0.29, 0.717) is 0 Å². The molecule has 2 unspecified atom stereocenters. The van der Waals surface area contributed by atoms with Crippen LogP contribution in [-0.2, 0) is 0 Å². The number of benzene rings is 1. The fourth-order valence-electron chi connectivity index (χ4n) is 2.66. The Morgan fingerprint density at radius 2 is 1.55 bits per heavy atom. The average molecular weight is 278 g/mol. The third-order valence-electron chi connectivity index (χ3n) is 3.65. The molecule has 2 heteroatoms. The molecule has 0 aliphatic heterocycles. The van der Waals surface area contributed by atoms with Crippen molar-refractivity contribution < 1.29 is 0 Å². The Morgan fingerprint density at radius 1 is 1.00 bits per heavy atom. The van der Waals surface area contributed by atoms with Crippen LogP contribution in [0.3, 0.4) is 0 Å². The van der Waals surface area contributed by atoms with Crippen molar-refractivity contribution in [2.75, 3.05) is 28.2 Å². The van der Waals surface area contributed by atoms with Crippen LogP contribution >= 0.6 is 0 Å². The largest absolute Gasteiger partial charge is 0.323 e. The van der Waals surface area contributed by atoms with Crippen LogP contribution in [0.25, 0.3) is 0 Å². The van der Waals surface area contributed by atoms with Gasteiger partial charge in [0.2, 0.25) is 0 Å². The van der Waals surface area contributed by atoms with E-state index in [-0.39, 0.29) is 0 Å². The summed E-state index contributed by atoms with van der Waals surface area (Å²) in [6.45, 7) is 4.00. The standard InChI is InChI=1S/C14H21N.C2H7N.C2H6/c1-15(2)14-10-6-9-13(11-14)12-7-4-3-5-8-12;1-3-2;1-2/h3-5,7-8,13-14H,6,9-11H2,1-2H3;3H,1-2H3;1-2H3. The molecule has 0 spiro atoms. The molecule has 1 aromatic rings. The Morgan fingerprint density at radius 3 is 2.05 bits per heavy atom. The van der Waals surface area contributed by atoms with Crippen LogP contribution in [0, 0.1) is 0 Å². The number of nitrogens with one attached hydrogen (secondary N) is 1. The van der Waals surface area contributed by atoms with Crippen LogP contribution in [0.15, 0.2) is 30.3 Å². The second-order valence-corrected chi connectivity index (χ2v) is 5.39. The van der Waals surface area contributed by atoms with Crippen LogP contribution in [0.2, 0.25) is 0 Å². The highest BCUT2D eigenvalue weighted by Crippen LogP contribution is 2.34. The lowest BCUT2D eigenvalue weighted by Crippen LogP contribution is -2.32. The predicted molar refractivity (Wildman–Crippen MR) is 91.5 cm³/mol. The maximum Gasteiger partial charge on any atom is 0.00949 e. The molecular formula is C18H34N2. The topological polar surface area (TPSA) is 15.3 Å². The first kappa shape index (κ1) is 19.1. The molecule has 2 atom stereocenters. The minimum atomic E-state index is 0.781. The molecule has 1 aliphatic rings. The van der Waals surface area contributed by atoms with Gasteiger partial charge in [0.05, 0.1) is 0 Å². The molecule has 1 fully saturated rings. The number of hydrogen-bond donors (Lipinski definition) is 1. The molecule has 116 valence electrons. The van der Waals surface area contributed by atoms with Gasteiger partial charge < -0.3 is 10.2 Å². The molecule has 1 aliphatic carbocycles. The first-order chi connectivity index (χ1) is 9.69. The average Bonchev–Trinajstić information content (AvgIpc) is 2.51. The lowest BCUT2D eigenvalue weighted by Gasteiger charge is -2.33. The second kappa shape index (κ2) is 11.9. The molecule has 1 saturated carbocycles. The van der Waals surface area contributed by atoms with Gasteiger partial charge >= 0.3 is 0 Å². The van der Waals surface area contributed by atoms with E-state index in [1.807, 2.05) is 27.9 Å². The summed E-state index contributed by atoms with van der Waals surface area (Å²) >= 11 is 0. The van der Waals surface area contributed by atoms with Crippen molar-refractivity contribution in [2.24, 2.45) is 0 Å². The summed E-state index contributed by atoms with van der Waals surface area (Å²) in [6.07, 6.45) is 5.45. The lowest BCUT2D eigenvalue weighted by molar-refractivity contribution is 0.213. The molecule has 0 bridgehead atoms. The monoisotopic (exact) mass is 278 g/mol. The molecule has 2 rings (SSSR count). The van der Waals surface area contributed by atoms with E-state index in [1.54, 1.807) is 0 Å². The zero-order chi connectivity index (χ0) is 15.4. The summed E-state index contributed by atoms with van der Waals surface area (Å²) in [7, 11) is 8.16. The van der Waals surface area contributed by atoms with Gasteiger partial charge in [-0.3, -0.25) is 0 Å². The highest BCUT2D eigenvalue weighted by molar-refractivity contribution is 5.20. The molecule has 0 radical (unpaired) electrons. The van der Waals surface area contributed by atoms with E-state index in [4.69, 9.17) is 0 Å². The summed E-state index contributed by atoms with van der Waals surface area (Å²) in [4.78, 5) is 2.38. The SMILES string of the molecule is CC.CN(C)C1CCCC(c2ccccc2)C1.CNC. The minimum Gasteiger partial charge on any atom is -0.323 e. The number of hydrogen-bond acceptors (Lipinski definition) is 2. The van der Waals surface area contributed by atoms with Crippen LogP contribution < -0.4 is 5.32 Å². The molecule has 0 heterocycles. The van der Waals surface area contributed by atoms with Gasteiger partial charge in [-0.05, 0) is 58.9 Å². The van der Waals surface area contributed by atoms with Crippen molar-refractivity contribution >= 4 is 0 Å². The molecule has 0 aromatic heterocycles. The quantitative estimate of drug-likeness (QED) is 0.875. The highest BCUT2D eigenvalue weighted by atomic mass is 15.1. The zero-order valence-corrected chi connectivity index (χ0v) is 14.3. The van der Waals surface area contributed by atoms with Gasteiger partial charge in [-0.1, -0.05) is 50.6 Å². The van der Waals surface area contributed by atoms with Crippen molar-refractivity contribution in [3.63, 3.8) is 0 Å². The number of nitrogens with zero attached hydrogens (tertiary/aromatic N) is 1. The van der Waals surface area contributed by atoms with Gasteiger partial charge in [-0.15, -0.1) is 0 Å². The summed E-state index contributed by atoms with van der Waals surface area (Å²) in [5, 5.41) is 2.75. The summed E-state index contributed by atoms with van der Waals surface area (Å²) in [6, 6.07) is 11.8. The van der Waals surface area contributed by atoms with E-state index in [1.165, 1.54) is 31.2 Å². The van der Waals surface area contributed by atoms with Crippen LogP contribution in [0.4, 0.5) is 0 Å². The van der Waals surface area contributed by atoms with E-state index in [0.717, 1.165) is 12.0 Å². The molecule has 1 N–H and O–H groups in total. The van der Waals surface area contributed by atoms with Crippen molar-refractivity contribution in [3.05, 3.63) is 35.9 Å². The van der Waals surface area contributed by atoms with Gasteiger partial charge in [-0.2, -0.15) is 0 Å². The fourth-order valence-corrected chi connectivity index (χ4v) is 2.66. The Bertz CT molecular complexity index is 308. The van der Waals surface area contributed by atoms with Gasteiger partial charge in [0.15, 0.2) is 0 Å². The van der Waals surface area contributed by atoms with Crippen molar-refractivity contribution in [3.8, 4) is 0 Å². The molecule has 0 amide bonds. The van der Waals surface area contributed by atoms with E-state index < -0.39 is 0 Å². The predicted octanol–water partition coefficient (Wildman–Crippen LogP) is 4.14. The van der Waals surface area contributed by atoms with Gasteiger partial charge in [0.1, 0.15) is 0 Å². The van der Waals surface area contributed by atoms with E-state index in [9.17, 15) is 0 Å². The molecule has 20 heavy (non-hydrogen) atoms. The summed E-state index contributed by atoms with van der Waals surface area (Å²) < 4.78 is 0. The minimum absolute atomic E-state index is 0.781.